The summed E-state index contributed by atoms with van der Waals surface area (Å²) in [6, 6.07) is 0.819. The maximum Gasteiger partial charge on any atom is 0.412 e. The lowest BCUT2D eigenvalue weighted by Crippen LogP contribution is -2.48. The van der Waals surface area contributed by atoms with Gasteiger partial charge in [0, 0.05) is 17.6 Å². The third kappa shape index (κ3) is 8.51. The molecule has 11 heteroatoms. The molecule has 2 rings (SSSR count). The highest BCUT2D eigenvalue weighted by Gasteiger charge is 2.43. The van der Waals surface area contributed by atoms with Gasteiger partial charge < -0.3 is 20.1 Å². The van der Waals surface area contributed by atoms with E-state index in [1.807, 2.05) is 0 Å². The molecule has 1 aliphatic heterocycles. The summed E-state index contributed by atoms with van der Waals surface area (Å²) in [6.07, 6.45) is -2.80. The number of halogens is 4. The Bertz CT molecular complexity index is 1060. The van der Waals surface area contributed by atoms with Gasteiger partial charge in [0.2, 0.25) is 5.91 Å². The van der Waals surface area contributed by atoms with Crippen LogP contribution in [0.1, 0.15) is 58.4 Å². The number of ketones is 1. The lowest BCUT2D eigenvalue weighted by atomic mass is 9.77. The third-order valence-electron chi connectivity index (χ3n) is 6.58. The number of hydrogen-bond acceptors (Lipinski definition) is 6. The van der Waals surface area contributed by atoms with E-state index in [1.54, 1.807) is 55.5 Å². The number of aliphatic hydroxyl groups is 2. The summed E-state index contributed by atoms with van der Waals surface area (Å²) in [6.45, 7) is 7.96. The van der Waals surface area contributed by atoms with Crippen molar-refractivity contribution in [3.8, 4) is 0 Å². The van der Waals surface area contributed by atoms with Gasteiger partial charge in [-0.05, 0) is 38.3 Å². The van der Waals surface area contributed by atoms with Crippen LogP contribution >= 0.6 is 22.6 Å². The molecule has 1 amide bonds. The van der Waals surface area contributed by atoms with Crippen molar-refractivity contribution < 1.29 is 37.5 Å². The molecule has 3 N–H and O–H groups in total. The maximum atomic E-state index is 13.8. The second-order valence-electron chi connectivity index (χ2n) is 10.0. The van der Waals surface area contributed by atoms with Crippen molar-refractivity contribution in [3.63, 3.8) is 0 Å². The molecule has 0 aromatic carbocycles. The smallest absolute Gasteiger partial charge is 0.392 e. The number of nitrogens with zero attached hydrogens (tertiary/aromatic N) is 1. The van der Waals surface area contributed by atoms with Gasteiger partial charge in [-0.3, -0.25) is 9.59 Å². The molecule has 5 atom stereocenters. The van der Waals surface area contributed by atoms with Gasteiger partial charge in [0.25, 0.3) is 0 Å². The molecule has 0 saturated heterocycles. The number of nitrogens with one attached hydrogen (secondary N) is 1. The van der Waals surface area contributed by atoms with E-state index in [-0.39, 0.29) is 6.42 Å². The third-order valence-corrected chi connectivity index (χ3v) is 7.89. The molecule has 0 bridgehead atoms. The van der Waals surface area contributed by atoms with Crippen LogP contribution in [0.15, 0.2) is 40.0 Å². The minimum atomic E-state index is -4.60. The molecule has 206 valence electrons. The van der Waals surface area contributed by atoms with Crippen molar-refractivity contribution in [1.29, 1.82) is 0 Å². The molecule has 1 aromatic rings. The number of amides is 1. The van der Waals surface area contributed by atoms with Gasteiger partial charge in [0.05, 0.1) is 34.0 Å². The molecular formula is C26H34F3IN2O5. The molecule has 0 saturated carbocycles. The summed E-state index contributed by atoms with van der Waals surface area (Å²) in [7, 11) is 0. The first-order valence-electron chi connectivity index (χ1n) is 11.9. The summed E-state index contributed by atoms with van der Waals surface area (Å²) in [5.74, 6) is -1.16. The van der Waals surface area contributed by atoms with Crippen molar-refractivity contribution in [2.45, 2.75) is 82.2 Å². The number of aryl methyl sites for hydroxylation is 1. The SMILES string of the molecule is C/C(=C\c1cc(C)on1)[C@@H]1C/C=C(/C(F)(F)F)C/C=C/[C@H](C)[C@H](O)[C@H](I)C(=O)C(C)(C)[C@@H](O)CC(=O)N1. The van der Waals surface area contributed by atoms with Crippen LogP contribution in [0.3, 0.4) is 0 Å². The Morgan fingerprint density at radius 2 is 1.95 bits per heavy atom. The van der Waals surface area contributed by atoms with E-state index >= 15 is 0 Å². The van der Waals surface area contributed by atoms with Gasteiger partial charge in [-0.1, -0.05) is 66.7 Å². The summed E-state index contributed by atoms with van der Waals surface area (Å²) >= 11 is 1.77. The van der Waals surface area contributed by atoms with Crippen LogP contribution in [-0.4, -0.2) is 55.4 Å². The van der Waals surface area contributed by atoms with E-state index in [0.29, 0.717) is 17.0 Å². The van der Waals surface area contributed by atoms with Crippen LogP contribution in [0.5, 0.6) is 0 Å². The van der Waals surface area contributed by atoms with Crippen LogP contribution in [0.4, 0.5) is 13.2 Å². The van der Waals surface area contributed by atoms with E-state index in [9.17, 15) is 33.0 Å². The second-order valence-corrected chi connectivity index (χ2v) is 11.4. The second kappa shape index (κ2) is 12.7. The number of carbonyl (C=O) groups excluding carboxylic acids is 2. The number of aliphatic hydroxyl groups excluding tert-OH is 2. The molecular weight excluding hydrogens is 604 g/mol. The standard InChI is InChI=1S/C26H34F3IN2O5/c1-14-7-6-8-17(26(27,28)29)9-10-19(15(2)11-18-12-16(3)37-32-18)31-21(34)13-20(33)25(4,5)24(36)22(30)23(14)35/h6-7,9,11-12,14,19-20,22-23,33,35H,8,10,13H2,1-5H3,(H,31,34)/b7-6+,15-11+,17-9+/t14-,19-,20-,22-,23-/m0/s1. The zero-order chi connectivity index (χ0) is 28.1. The highest BCUT2D eigenvalue weighted by molar-refractivity contribution is 14.1. The van der Waals surface area contributed by atoms with E-state index in [1.165, 1.54) is 26.0 Å². The van der Waals surface area contributed by atoms with Gasteiger partial charge in [0.15, 0.2) is 5.78 Å². The quantitative estimate of drug-likeness (QED) is 0.243. The molecule has 2 heterocycles. The fraction of sp³-hybridized carbons (Fsp3) is 0.577. The minimum absolute atomic E-state index is 0.167. The Morgan fingerprint density at radius 3 is 2.51 bits per heavy atom. The van der Waals surface area contributed by atoms with Crippen LogP contribution in [0, 0.1) is 18.3 Å². The Kier molecular flexibility index (Phi) is 10.7. The minimum Gasteiger partial charge on any atom is -0.392 e. The van der Waals surface area contributed by atoms with Gasteiger partial charge >= 0.3 is 6.18 Å². The topological polar surface area (TPSA) is 113 Å². The molecule has 7 nitrogen and oxygen atoms in total. The van der Waals surface area contributed by atoms with Gasteiger partial charge in [-0.25, -0.2) is 0 Å². The van der Waals surface area contributed by atoms with E-state index in [4.69, 9.17) is 4.52 Å². The molecule has 1 aliphatic rings. The van der Waals surface area contributed by atoms with Crippen LogP contribution in [0.25, 0.3) is 6.08 Å². The van der Waals surface area contributed by atoms with Gasteiger partial charge in [-0.2, -0.15) is 13.2 Å². The number of Topliss-reactive ketones (excluding diaryl/α,β-unsaturated/α-hetero) is 1. The number of alkyl halides is 4. The van der Waals surface area contributed by atoms with E-state index in [2.05, 4.69) is 10.5 Å². The largest absolute Gasteiger partial charge is 0.412 e. The Labute approximate surface area is 228 Å². The molecule has 0 aliphatic carbocycles. The Morgan fingerprint density at radius 1 is 1.30 bits per heavy atom. The zero-order valence-corrected chi connectivity index (χ0v) is 23.6. The maximum absolute atomic E-state index is 13.8. The van der Waals surface area contributed by atoms with Crippen molar-refractivity contribution >= 4 is 40.4 Å². The molecule has 1 aromatic heterocycles. The molecule has 0 radical (unpaired) electrons. The fourth-order valence-electron chi connectivity index (χ4n) is 3.87. The predicted octanol–water partition coefficient (Wildman–Crippen LogP) is 4.86. The van der Waals surface area contributed by atoms with Crippen LogP contribution < -0.4 is 5.32 Å². The predicted molar refractivity (Wildman–Crippen MR) is 142 cm³/mol. The molecule has 0 spiro atoms. The number of rotatable bonds is 2. The number of allylic oxidation sites excluding steroid dienone is 2. The Hall–Kier alpha value is -1.99. The normalized spacial score (nSPS) is 31.4. The number of hydrogen-bond donors (Lipinski definition) is 3. The summed E-state index contributed by atoms with van der Waals surface area (Å²) in [5.41, 5.74) is -1.17. The first kappa shape index (κ1) is 31.2. The average Bonchev–Trinajstić information content (AvgIpc) is 3.21. The molecule has 0 fully saturated rings. The lowest BCUT2D eigenvalue weighted by Gasteiger charge is -2.33. The highest BCUT2D eigenvalue weighted by Crippen LogP contribution is 2.33. The monoisotopic (exact) mass is 638 g/mol. The summed E-state index contributed by atoms with van der Waals surface area (Å²) in [4.78, 5) is 26.0. The first-order valence-corrected chi connectivity index (χ1v) is 13.2. The van der Waals surface area contributed by atoms with Gasteiger partial charge in [0.1, 0.15) is 11.5 Å². The average molecular weight is 638 g/mol. The summed E-state index contributed by atoms with van der Waals surface area (Å²) < 4.78 is 45.4. The fourth-order valence-corrected chi connectivity index (χ4v) is 5.33. The van der Waals surface area contributed by atoms with Crippen molar-refractivity contribution in [1.82, 2.24) is 10.5 Å². The lowest BCUT2D eigenvalue weighted by molar-refractivity contribution is -0.136. The van der Waals surface area contributed by atoms with Crippen LogP contribution in [-0.2, 0) is 9.59 Å². The molecule has 0 unspecified atom stereocenters. The van der Waals surface area contributed by atoms with Crippen LogP contribution in [0.2, 0.25) is 0 Å². The van der Waals surface area contributed by atoms with Crippen molar-refractivity contribution in [3.05, 3.63) is 46.9 Å². The number of carbonyl (C=O) groups is 2. The first-order chi connectivity index (χ1) is 17.0. The van der Waals surface area contributed by atoms with E-state index in [0.717, 1.165) is 6.08 Å². The van der Waals surface area contributed by atoms with Crippen molar-refractivity contribution in [2.24, 2.45) is 11.3 Å². The summed E-state index contributed by atoms with van der Waals surface area (Å²) in [5, 5.41) is 28.0. The molecule has 37 heavy (non-hydrogen) atoms. The van der Waals surface area contributed by atoms with E-state index < -0.39 is 69.8 Å². The highest BCUT2D eigenvalue weighted by atomic mass is 127. The Balaban J connectivity index is 2.50. The van der Waals surface area contributed by atoms with Gasteiger partial charge in [-0.15, -0.1) is 0 Å². The zero-order valence-electron chi connectivity index (χ0n) is 21.5. The van der Waals surface area contributed by atoms with Crippen molar-refractivity contribution in [2.75, 3.05) is 0 Å². The number of aromatic nitrogens is 1.